The van der Waals surface area contributed by atoms with E-state index < -0.39 is 0 Å². The third kappa shape index (κ3) is 4.97. The van der Waals surface area contributed by atoms with Crippen molar-refractivity contribution in [1.82, 2.24) is 10.2 Å². The Labute approximate surface area is 99.6 Å². The molecule has 16 heavy (non-hydrogen) atoms. The van der Waals surface area contributed by atoms with Crippen LogP contribution in [-0.2, 0) is 4.79 Å². The van der Waals surface area contributed by atoms with Crippen LogP contribution in [0.4, 0.5) is 0 Å². The van der Waals surface area contributed by atoms with Crippen molar-refractivity contribution in [2.75, 3.05) is 20.6 Å². The molecule has 0 saturated heterocycles. The lowest BCUT2D eigenvalue weighted by atomic mass is 10.1. The number of rotatable bonds is 8. The molecule has 1 aliphatic rings. The van der Waals surface area contributed by atoms with Gasteiger partial charge in [-0.3, -0.25) is 4.79 Å². The summed E-state index contributed by atoms with van der Waals surface area (Å²) in [7, 11) is 3.64. The van der Waals surface area contributed by atoms with E-state index in [1.54, 1.807) is 4.90 Å². The number of amides is 1. The molecule has 0 aromatic carbocycles. The fourth-order valence-electron chi connectivity index (χ4n) is 2.06. The molecule has 1 aliphatic carbocycles. The van der Waals surface area contributed by atoms with Crippen LogP contribution in [0.5, 0.6) is 0 Å². The average molecular weight is 226 g/mol. The second kappa shape index (κ2) is 6.89. The van der Waals surface area contributed by atoms with Crippen molar-refractivity contribution >= 4 is 5.91 Å². The first-order chi connectivity index (χ1) is 7.65. The maximum absolute atomic E-state index is 11.4. The highest BCUT2D eigenvalue weighted by molar-refractivity contribution is 5.75. The Hall–Kier alpha value is -0.570. The first-order valence-electron chi connectivity index (χ1n) is 6.58. The lowest BCUT2D eigenvalue weighted by molar-refractivity contribution is -0.128. The fourth-order valence-corrected chi connectivity index (χ4v) is 2.06. The van der Waals surface area contributed by atoms with E-state index in [-0.39, 0.29) is 5.91 Å². The van der Waals surface area contributed by atoms with E-state index in [4.69, 9.17) is 0 Å². The van der Waals surface area contributed by atoms with Gasteiger partial charge in [-0.1, -0.05) is 13.3 Å². The molecule has 0 aromatic heterocycles. The van der Waals surface area contributed by atoms with E-state index in [1.165, 1.54) is 25.7 Å². The van der Waals surface area contributed by atoms with Crippen LogP contribution in [0, 0.1) is 5.92 Å². The zero-order valence-electron chi connectivity index (χ0n) is 11.0. The molecule has 1 atom stereocenters. The molecule has 1 amide bonds. The normalized spacial score (nSPS) is 17.2. The van der Waals surface area contributed by atoms with Gasteiger partial charge >= 0.3 is 0 Å². The highest BCUT2D eigenvalue weighted by atomic mass is 16.2. The van der Waals surface area contributed by atoms with Crippen molar-refractivity contribution in [3.8, 4) is 0 Å². The Bertz CT molecular complexity index is 212. The van der Waals surface area contributed by atoms with Crippen LogP contribution in [0.2, 0.25) is 0 Å². The van der Waals surface area contributed by atoms with Gasteiger partial charge in [0.05, 0.1) is 0 Å². The van der Waals surface area contributed by atoms with Gasteiger partial charge in [-0.15, -0.1) is 0 Å². The summed E-state index contributed by atoms with van der Waals surface area (Å²) in [5, 5.41) is 3.61. The molecule has 94 valence electrons. The van der Waals surface area contributed by atoms with Crippen LogP contribution >= 0.6 is 0 Å². The van der Waals surface area contributed by atoms with Crippen molar-refractivity contribution < 1.29 is 4.79 Å². The molecule has 0 bridgehead atoms. The van der Waals surface area contributed by atoms with Crippen LogP contribution in [0.25, 0.3) is 0 Å². The first-order valence-corrected chi connectivity index (χ1v) is 6.58. The monoisotopic (exact) mass is 226 g/mol. The molecular formula is C13H26N2O. The molecule has 3 nitrogen and oxygen atoms in total. The van der Waals surface area contributed by atoms with Gasteiger partial charge in [0.15, 0.2) is 0 Å². The zero-order chi connectivity index (χ0) is 12.0. The minimum atomic E-state index is 0.236. The minimum absolute atomic E-state index is 0.236. The summed E-state index contributed by atoms with van der Waals surface area (Å²) in [5.74, 6) is 1.16. The topological polar surface area (TPSA) is 32.3 Å². The standard InChI is InChI=1S/C13H26N2O/c1-4-6-12(11-8-9-11)14-10-5-7-13(16)15(2)3/h11-12,14H,4-10H2,1-3H3. The molecule has 1 unspecified atom stereocenters. The molecular weight excluding hydrogens is 200 g/mol. The second-order valence-corrected chi connectivity index (χ2v) is 5.08. The van der Waals surface area contributed by atoms with Gasteiger partial charge < -0.3 is 10.2 Å². The third-order valence-electron chi connectivity index (χ3n) is 3.26. The lowest BCUT2D eigenvalue weighted by Crippen LogP contribution is -2.32. The van der Waals surface area contributed by atoms with Gasteiger partial charge in [0.2, 0.25) is 5.91 Å². The molecule has 0 aromatic rings. The van der Waals surface area contributed by atoms with E-state index >= 15 is 0 Å². The van der Waals surface area contributed by atoms with Gasteiger partial charge in [0, 0.05) is 26.6 Å². The summed E-state index contributed by atoms with van der Waals surface area (Å²) in [6, 6.07) is 0.708. The molecule has 1 rings (SSSR count). The number of nitrogens with one attached hydrogen (secondary N) is 1. The maximum Gasteiger partial charge on any atom is 0.222 e. The predicted molar refractivity (Wildman–Crippen MR) is 67.4 cm³/mol. The molecule has 1 saturated carbocycles. The number of hydrogen-bond acceptors (Lipinski definition) is 2. The summed E-state index contributed by atoms with van der Waals surface area (Å²) in [6.07, 6.45) is 6.97. The molecule has 0 spiro atoms. The highest BCUT2D eigenvalue weighted by Gasteiger charge is 2.29. The third-order valence-corrected chi connectivity index (χ3v) is 3.26. The van der Waals surface area contributed by atoms with E-state index in [1.807, 2.05) is 14.1 Å². The Morgan fingerprint density at radius 1 is 1.44 bits per heavy atom. The van der Waals surface area contributed by atoms with Gasteiger partial charge in [0.25, 0.3) is 0 Å². The van der Waals surface area contributed by atoms with Crippen molar-refractivity contribution in [3.63, 3.8) is 0 Å². The van der Waals surface area contributed by atoms with E-state index in [2.05, 4.69) is 12.2 Å². The number of carbonyl (C=O) groups excluding carboxylic acids is 1. The summed E-state index contributed by atoms with van der Waals surface area (Å²) < 4.78 is 0. The zero-order valence-corrected chi connectivity index (χ0v) is 11.0. The van der Waals surface area contributed by atoms with E-state index in [0.717, 1.165) is 18.9 Å². The van der Waals surface area contributed by atoms with Gasteiger partial charge in [-0.05, 0) is 38.1 Å². The minimum Gasteiger partial charge on any atom is -0.349 e. The van der Waals surface area contributed by atoms with Gasteiger partial charge in [-0.2, -0.15) is 0 Å². The van der Waals surface area contributed by atoms with Crippen LogP contribution < -0.4 is 5.32 Å². The summed E-state index contributed by atoms with van der Waals surface area (Å²) >= 11 is 0. The molecule has 0 radical (unpaired) electrons. The Morgan fingerprint density at radius 3 is 2.62 bits per heavy atom. The van der Waals surface area contributed by atoms with Crippen LogP contribution in [0.1, 0.15) is 45.4 Å². The molecule has 0 heterocycles. The molecule has 0 aliphatic heterocycles. The lowest BCUT2D eigenvalue weighted by Gasteiger charge is -2.17. The average Bonchev–Trinajstić information content (AvgIpc) is 3.05. The quantitative estimate of drug-likeness (QED) is 0.642. The number of hydrogen-bond donors (Lipinski definition) is 1. The number of nitrogens with zero attached hydrogens (tertiary/aromatic N) is 1. The maximum atomic E-state index is 11.4. The SMILES string of the molecule is CCCC(NCCCC(=O)N(C)C)C1CC1. The van der Waals surface area contributed by atoms with Crippen molar-refractivity contribution in [3.05, 3.63) is 0 Å². The van der Waals surface area contributed by atoms with Crippen LogP contribution in [-0.4, -0.2) is 37.5 Å². The molecule has 3 heteroatoms. The highest BCUT2D eigenvalue weighted by Crippen LogP contribution is 2.34. The second-order valence-electron chi connectivity index (χ2n) is 5.08. The van der Waals surface area contributed by atoms with Crippen molar-refractivity contribution in [2.45, 2.75) is 51.5 Å². The summed E-state index contributed by atoms with van der Waals surface area (Å²) in [6.45, 7) is 3.23. The first kappa shape index (κ1) is 13.5. The Kier molecular flexibility index (Phi) is 5.81. The largest absolute Gasteiger partial charge is 0.349 e. The summed E-state index contributed by atoms with van der Waals surface area (Å²) in [4.78, 5) is 13.0. The van der Waals surface area contributed by atoms with E-state index in [0.29, 0.717) is 12.5 Å². The predicted octanol–water partition coefficient (Wildman–Crippen LogP) is 2.02. The number of carbonyl (C=O) groups is 1. The van der Waals surface area contributed by atoms with Gasteiger partial charge in [-0.25, -0.2) is 0 Å². The van der Waals surface area contributed by atoms with Crippen molar-refractivity contribution in [1.29, 1.82) is 0 Å². The van der Waals surface area contributed by atoms with E-state index in [9.17, 15) is 4.79 Å². The van der Waals surface area contributed by atoms with Gasteiger partial charge in [0.1, 0.15) is 0 Å². The van der Waals surface area contributed by atoms with Crippen LogP contribution in [0.3, 0.4) is 0 Å². The Balaban J connectivity index is 2.06. The smallest absolute Gasteiger partial charge is 0.222 e. The molecule has 1 fully saturated rings. The summed E-state index contributed by atoms with van der Waals surface area (Å²) in [5.41, 5.74) is 0. The Morgan fingerprint density at radius 2 is 2.12 bits per heavy atom. The fraction of sp³-hybridized carbons (Fsp3) is 0.923. The van der Waals surface area contributed by atoms with Crippen molar-refractivity contribution in [2.24, 2.45) is 5.92 Å². The molecule has 1 N–H and O–H groups in total. The van der Waals surface area contributed by atoms with Crippen LogP contribution in [0.15, 0.2) is 0 Å².